The Labute approximate surface area is 325 Å². The molecule has 0 aromatic rings. The van der Waals surface area contributed by atoms with Gasteiger partial charge in [-0.2, -0.15) is 0 Å². The number of rotatable bonds is 22. The quantitative estimate of drug-likeness (QED) is 0.107. The Morgan fingerprint density at radius 3 is 1.75 bits per heavy atom. The molecule has 3 heterocycles. The molecule has 3 rings (SSSR count). The molecule has 3 fully saturated rings. The van der Waals surface area contributed by atoms with Gasteiger partial charge >= 0.3 is 0 Å². The molecule has 0 aromatic heterocycles. The first kappa shape index (κ1) is 47.0. The fourth-order valence-corrected chi connectivity index (χ4v) is 8.13. The summed E-state index contributed by atoms with van der Waals surface area (Å²) in [6.07, 6.45) is 6.76. The lowest BCUT2D eigenvalue weighted by Crippen LogP contribution is -2.63. The minimum atomic E-state index is -0.662. The summed E-state index contributed by atoms with van der Waals surface area (Å²) in [5, 5.41) is 0. The molecule has 3 aliphatic rings. The van der Waals surface area contributed by atoms with E-state index in [0.717, 1.165) is 51.4 Å². The second-order valence-electron chi connectivity index (χ2n) is 18.8. The molecule has 12 atom stereocenters. The van der Waals surface area contributed by atoms with Crippen LogP contribution >= 0.6 is 0 Å². The normalized spacial score (nSPS) is 34.0. The van der Waals surface area contributed by atoms with E-state index in [0.29, 0.717) is 82.1 Å². The molecule has 3 saturated heterocycles. The zero-order chi connectivity index (χ0) is 39.2. The van der Waals surface area contributed by atoms with Crippen molar-refractivity contribution in [3.05, 3.63) is 0 Å². The van der Waals surface area contributed by atoms with E-state index in [4.69, 9.17) is 42.6 Å². The fourth-order valence-electron chi connectivity index (χ4n) is 8.13. The molecule has 0 saturated carbocycles. The Kier molecular flexibility index (Phi) is 20.5. The van der Waals surface area contributed by atoms with Crippen molar-refractivity contribution in [2.75, 3.05) is 46.8 Å². The Bertz CT molecular complexity index is 979. The molecule has 0 N–H and O–H groups in total. The first-order valence-corrected chi connectivity index (χ1v) is 21.7. The summed E-state index contributed by atoms with van der Waals surface area (Å²) < 4.78 is 61.2. The molecule has 9 nitrogen and oxygen atoms in total. The van der Waals surface area contributed by atoms with Gasteiger partial charge in [-0.05, 0) is 69.1 Å². The standard InChI is InChI=1S/C44H84O9/c1-14-16-19-43(11,45-13)24-37-39(49-27-32(7)8)40-41(51-29-34(10)22-33(9)28-50-40)42(52-37)53-44(12,20-17-15-2)23-36-38(48-26-31(5)6)35(18-21-46-36)47-25-30(3)4/h30-42H,14-29H2,1-13H3/t33-,34+,35+,36+,37+,38-,39+,40-,41+,42+,43?,44?/m0/s1. The Morgan fingerprint density at radius 1 is 0.660 bits per heavy atom. The van der Waals surface area contributed by atoms with Crippen molar-refractivity contribution in [2.24, 2.45) is 29.6 Å². The second-order valence-corrected chi connectivity index (χ2v) is 18.8. The Morgan fingerprint density at radius 2 is 1.19 bits per heavy atom. The van der Waals surface area contributed by atoms with Gasteiger partial charge in [0.15, 0.2) is 6.29 Å². The summed E-state index contributed by atoms with van der Waals surface area (Å²) in [5.41, 5.74) is -0.967. The van der Waals surface area contributed by atoms with Crippen LogP contribution in [-0.4, -0.2) is 107 Å². The highest BCUT2D eigenvalue weighted by atomic mass is 16.7. The van der Waals surface area contributed by atoms with E-state index in [1.54, 1.807) is 0 Å². The summed E-state index contributed by atoms with van der Waals surface area (Å²) in [6, 6.07) is 0. The van der Waals surface area contributed by atoms with Gasteiger partial charge in [0, 0.05) is 59.6 Å². The van der Waals surface area contributed by atoms with Crippen molar-refractivity contribution in [3.63, 3.8) is 0 Å². The lowest BCUT2D eigenvalue weighted by molar-refractivity contribution is -0.347. The van der Waals surface area contributed by atoms with Gasteiger partial charge in [0.1, 0.15) is 24.4 Å². The minimum Gasteiger partial charge on any atom is -0.378 e. The number of fused-ring (bicyclic) bond motifs is 1. The van der Waals surface area contributed by atoms with Gasteiger partial charge in [-0.15, -0.1) is 0 Å². The average Bonchev–Trinajstić information content (AvgIpc) is 3.16. The van der Waals surface area contributed by atoms with Crippen LogP contribution in [0.1, 0.15) is 147 Å². The fraction of sp³-hybridized carbons (Fsp3) is 1.00. The van der Waals surface area contributed by atoms with Crippen molar-refractivity contribution >= 4 is 0 Å². The molecule has 3 aliphatic heterocycles. The minimum absolute atomic E-state index is 0.0201. The van der Waals surface area contributed by atoms with Crippen LogP contribution in [0.2, 0.25) is 0 Å². The third-order valence-electron chi connectivity index (χ3n) is 11.2. The molecular weight excluding hydrogens is 672 g/mol. The summed E-state index contributed by atoms with van der Waals surface area (Å²) >= 11 is 0. The molecular formula is C44H84O9. The van der Waals surface area contributed by atoms with Crippen LogP contribution in [0.5, 0.6) is 0 Å². The summed E-state index contributed by atoms with van der Waals surface area (Å²) in [4.78, 5) is 0. The molecule has 0 aliphatic carbocycles. The van der Waals surface area contributed by atoms with Crippen molar-refractivity contribution in [3.8, 4) is 0 Å². The van der Waals surface area contributed by atoms with Crippen LogP contribution < -0.4 is 0 Å². The maximum atomic E-state index is 7.39. The topological polar surface area (TPSA) is 83.1 Å². The predicted molar refractivity (Wildman–Crippen MR) is 212 cm³/mol. The van der Waals surface area contributed by atoms with Gasteiger partial charge < -0.3 is 42.6 Å². The first-order valence-electron chi connectivity index (χ1n) is 21.7. The zero-order valence-corrected chi connectivity index (χ0v) is 36.5. The molecule has 2 unspecified atom stereocenters. The molecule has 53 heavy (non-hydrogen) atoms. The lowest BCUT2D eigenvalue weighted by Gasteiger charge is -2.50. The van der Waals surface area contributed by atoms with Crippen molar-refractivity contribution in [2.45, 2.75) is 208 Å². The van der Waals surface area contributed by atoms with Crippen LogP contribution in [0.25, 0.3) is 0 Å². The molecule has 0 amide bonds. The molecule has 9 heteroatoms. The van der Waals surface area contributed by atoms with Gasteiger partial charge in [0.25, 0.3) is 0 Å². The predicted octanol–water partition coefficient (Wildman–Crippen LogP) is 9.41. The SMILES string of the molecule is CCCCC(C)(C[C@H]1O[C@H](OC(C)(CCCC)C[C@H]2OCC[C@@H](OCC(C)C)[C@@H]2OCC(C)C)[C@@H]2OC[C@H](C)C[C@H](C)CO[C@H]2[C@@H]1OCC(C)C)OC. The van der Waals surface area contributed by atoms with Gasteiger partial charge in [0.05, 0.1) is 29.5 Å². The Balaban J connectivity index is 2.03. The average molecular weight is 757 g/mol. The van der Waals surface area contributed by atoms with E-state index in [9.17, 15) is 0 Å². The smallest absolute Gasteiger partial charge is 0.187 e. The molecule has 0 aromatic carbocycles. The van der Waals surface area contributed by atoms with E-state index in [-0.39, 0.29) is 42.2 Å². The van der Waals surface area contributed by atoms with Crippen molar-refractivity contribution in [1.29, 1.82) is 0 Å². The van der Waals surface area contributed by atoms with E-state index >= 15 is 0 Å². The highest BCUT2D eigenvalue weighted by Gasteiger charge is 2.53. The highest BCUT2D eigenvalue weighted by molar-refractivity contribution is 4.98. The second kappa shape index (κ2) is 23.1. The number of hydrogen-bond donors (Lipinski definition) is 0. The summed E-state index contributed by atoms with van der Waals surface area (Å²) in [5.74, 6) is 2.00. The Hall–Kier alpha value is -0.360. The van der Waals surface area contributed by atoms with Crippen LogP contribution in [-0.2, 0) is 42.6 Å². The third-order valence-corrected chi connectivity index (χ3v) is 11.2. The van der Waals surface area contributed by atoms with Crippen LogP contribution in [0, 0.1) is 29.6 Å². The number of ether oxygens (including phenoxy) is 9. The van der Waals surface area contributed by atoms with Crippen molar-refractivity contribution in [1.82, 2.24) is 0 Å². The summed E-state index contributed by atoms with van der Waals surface area (Å²) in [7, 11) is 1.82. The monoisotopic (exact) mass is 757 g/mol. The molecule has 0 bridgehead atoms. The van der Waals surface area contributed by atoms with Gasteiger partial charge in [0.2, 0.25) is 0 Å². The summed E-state index contributed by atoms with van der Waals surface area (Å²) in [6.45, 7) is 30.5. The maximum absolute atomic E-state index is 7.39. The molecule has 314 valence electrons. The van der Waals surface area contributed by atoms with E-state index < -0.39 is 18.0 Å². The van der Waals surface area contributed by atoms with E-state index in [1.165, 1.54) is 0 Å². The van der Waals surface area contributed by atoms with Crippen LogP contribution in [0.15, 0.2) is 0 Å². The zero-order valence-electron chi connectivity index (χ0n) is 36.5. The van der Waals surface area contributed by atoms with Gasteiger partial charge in [-0.1, -0.05) is 94.9 Å². The third kappa shape index (κ3) is 15.5. The molecule has 0 spiro atoms. The van der Waals surface area contributed by atoms with Gasteiger partial charge in [-0.25, -0.2) is 0 Å². The van der Waals surface area contributed by atoms with E-state index in [2.05, 4.69) is 83.1 Å². The van der Waals surface area contributed by atoms with E-state index in [1.807, 2.05) is 7.11 Å². The maximum Gasteiger partial charge on any atom is 0.187 e. The number of unbranched alkanes of at least 4 members (excludes halogenated alkanes) is 2. The molecule has 0 radical (unpaired) electrons. The number of hydrogen-bond acceptors (Lipinski definition) is 9. The lowest BCUT2D eigenvalue weighted by atomic mass is 9.85. The number of methoxy groups -OCH3 is 1. The van der Waals surface area contributed by atoms with Crippen LogP contribution in [0.4, 0.5) is 0 Å². The van der Waals surface area contributed by atoms with Crippen LogP contribution in [0.3, 0.4) is 0 Å². The van der Waals surface area contributed by atoms with Crippen molar-refractivity contribution < 1.29 is 42.6 Å². The first-order chi connectivity index (χ1) is 25.1. The highest BCUT2D eigenvalue weighted by Crippen LogP contribution is 2.40. The largest absolute Gasteiger partial charge is 0.378 e. The van der Waals surface area contributed by atoms with Gasteiger partial charge in [-0.3, -0.25) is 0 Å².